The molecule has 2 aliphatic heterocycles. The van der Waals surface area contributed by atoms with E-state index in [1.807, 2.05) is 0 Å². The fourth-order valence-corrected chi connectivity index (χ4v) is 3.36. The standard InChI is InChI=1S/C16H26N4/c1-2-4-9-20(8-3-1)16-11-15(18-13-19-16)10-14-6-5-7-17-12-14/h11,13-14,17H,1-10,12H2. The van der Waals surface area contributed by atoms with Gasteiger partial charge in [0.25, 0.3) is 0 Å². The second-order valence-electron chi connectivity index (χ2n) is 6.19. The van der Waals surface area contributed by atoms with Crippen LogP contribution in [0, 0.1) is 5.92 Å². The van der Waals surface area contributed by atoms with E-state index in [4.69, 9.17) is 0 Å². The topological polar surface area (TPSA) is 41.1 Å². The number of anilines is 1. The summed E-state index contributed by atoms with van der Waals surface area (Å²) in [6.45, 7) is 4.63. The zero-order valence-electron chi connectivity index (χ0n) is 12.4. The van der Waals surface area contributed by atoms with Gasteiger partial charge in [-0.05, 0) is 51.1 Å². The highest BCUT2D eigenvalue weighted by Crippen LogP contribution is 2.20. The van der Waals surface area contributed by atoms with E-state index in [0.29, 0.717) is 0 Å². The molecular weight excluding hydrogens is 248 g/mol. The van der Waals surface area contributed by atoms with Crippen molar-refractivity contribution in [1.82, 2.24) is 15.3 Å². The maximum absolute atomic E-state index is 4.50. The van der Waals surface area contributed by atoms with Crippen molar-refractivity contribution in [2.75, 3.05) is 31.1 Å². The highest BCUT2D eigenvalue weighted by atomic mass is 15.2. The molecule has 1 aromatic rings. The Morgan fingerprint density at radius 3 is 2.70 bits per heavy atom. The summed E-state index contributed by atoms with van der Waals surface area (Å²) < 4.78 is 0. The van der Waals surface area contributed by atoms with Gasteiger partial charge in [0.15, 0.2) is 0 Å². The minimum atomic E-state index is 0.746. The first-order chi connectivity index (χ1) is 9.92. The Labute approximate surface area is 122 Å². The summed E-state index contributed by atoms with van der Waals surface area (Å²) in [5, 5.41) is 3.49. The molecule has 4 nitrogen and oxygen atoms in total. The van der Waals surface area contributed by atoms with Crippen LogP contribution in [0.15, 0.2) is 12.4 Å². The molecule has 20 heavy (non-hydrogen) atoms. The van der Waals surface area contributed by atoms with Crippen LogP contribution in [-0.2, 0) is 6.42 Å². The smallest absolute Gasteiger partial charge is 0.132 e. The van der Waals surface area contributed by atoms with Gasteiger partial charge in [-0.15, -0.1) is 0 Å². The van der Waals surface area contributed by atoms with E-state index >= 15 is 0 Å². The first-order valence-electron chi connectivity index (χ1n) is 8.18. The summed E-state index contributed by atoms with van der Waals surface area (Å²) in [6, 6.07) is 2.22. The second-order valence-corrected chi connectivity index (χ2v) is 6.19. The molecule has 2 aliphatic rings. The number of nitrogens with zero attached hydrogens (tertiary/aromatic N) is 3. The lowest BCUT2D eigenvalue weighted by molar-refractivity contribution is 0.373. The molecule has 0 saturated carbocycles. The maximum Gasteiger partial charge on any atom is 0.132 e. The van der Waals surface area contributed by atoms with Crippen LogP contribution in [-0.4, -0.2) is 36.1 Å². The van der Waals surface area contributed by atoms with Gasteiger partial charge in [0.1, 0.15) is 12.1 Å². The Morgan fingerprint density at radius 2 is 1.95 bits per heavy atom. The Bertz CT molecular complexity index is 407. The molecule has 0 amide bonds. The first-order valence-corrected chi connectivity index (χ1v) is 8.18. The molecular formula is C16H26N4. The molecule has 0 radical (unpaired) electrons. The Balaban J connectivity index is 1.65. The third-order valence-corrected chi connectivity index (χ3v) is 4.54. The molecule has 0 spiro atoms. The van der Waals surface area contributed by atoms with E-state index in [2.05, 4.69) is 26.3 Å². The van der Waals surface area contributed by atoms with Crippen molar-refractivity contribution in [1.29, 1.82) is 0 Å². The third-order valence-electron chi connectivity index (χ3n) is 4.54. The van der Waals surface area contributed by atoms with E-state index in [9.17, 15) is 0 Å². The van der Waals surface area contributed by atoms with Crippen LogP contribution in [0.3, 0.4) is 0 Å². The molecule has 0 bridgehead atoms. The van der Waals surface area contributed by atoms with Crippen LogP contribution in [0.25, 0.3) is 0 Å². The van der Waals surface area contributed by atoms with Crippen LogP contribution >= 0.6 is 0 Å². The van der Waals surface area contributed by atoms with Gasteiger partial charge in [-0.1, -0.05) is 12.8 Å². The molecule has 0 aromatic carbocycles. The largest absolute Gasteiger partial charge is 0.357 e. The van der Waals surface area contributed by atoms with E-state index in [0.717, 1.165) is 37.8 Å². The number of hydrogen-bond acceptors (Lipinski definition) is 4. The van der Waals surface area contributed by atoms with Crippen molar-refractivity contribution >= 4 is 5.82 Å². The second kappa shape index (κ2) is 7.02. The zero-order valence-corrected chi connectivity index (χ0v) is 12.4. The average molecular weight is 274 g/mol. The molecule has 1 unspecified atom stereocenters. The van der Waals surface area contributed by atoms with Crippen LogP contribution in [0.2, 0.25) is 0 Å². The summed E-state index contributed by atoms with van der Waals surface area (Å²) in [4.78, 5) is 11.4. The molecule has 1 atom stereocenters. The van der Waals surface area contributed by atoms with Crippen LogP contribution in [0.5, 0.6) is 0 Å². The van der Waals surface area contributed by atoms with Gasteiger partial charge in [0.2, 0.25) is 0 Å². The van der Waals surface area contributed by atoms with Crippen molar-refractivity contribution in [2.45, 2.75) is 44.9 Å². The van der Waals surface area contributed by atoms with Crippen LogP contribution < -0.4 is 10.2 Å². The average Bonchev–Trinajstić information content (AvgIpc) is 2.78. The van der Waals surface area contributed by atoms with Gasteiger partial charge < -0.3 is 10.2 Å². The van der Waals surface area contributed by atoms with Gasteiger partial charge in [0.05, 0.1) is 0 Å². The van der Waals surface area contributed by atoms with Crippen molar-refractivity contribution in [2.24, 2.45) is 5.92 Å². The van der Waals surface area contributed by atoms with Crippen molar-refractivity contribution in [3.05, 3.63) is 18.1 Å². The quantitative estimate of drug-likeness (QED) is 0.919. The molecule has 1 aromatic heterocycles. The summed E-state index contributed by atoms with van der Waals surface area (Å²) in [7, 11) is 0. The van der Waals surface area contributed by atoms with Crippen molar-refractivity contribution in [3.63, 3.8) is 0 Å². The molecule has 2 fully saturated rings. The van der Waals surface area contributed by atoms with Gasteiger partial charge in [-0.3, -0.25) is 0 Å². The minimum absolute atomic E-state index is 0.746. The molecule has 3 heterocycles. The lowest BCUT2D eigenvalue weighted by Crippen LogP contribution is -2.31. The number of piperidine rings is 1. The maximum atomic E-state index is 4.50. The summed E-state index contributed by atoms with van der Waals surface area (Å²) in [6.07, 6.45) is 10.8. The Hall–Kier alpha value is -1.16. The number of rotatable bonds is 3. The fourth-order valence-electron chi connectivity index (χ4n) is 3.36. The zero-order chi connectivity index (χ0) is 13.6. The summed E-state index contributed by atoms with van der Waals surface area (Å²) >= 11 is 0. The lowest BCUT2D eigenvalue weighted by atomic mass is 9.94. The Kier molecular flexibility index (Phi) is 4.85. The number of nitrogens with one attached hydrogen (secondary N) is 1. The lowest BCUT2D eigenvalue weighted by Gasteiger charge is -2.24. The van der Waals surface area contributed by atoms with Crippen molar-refractivity contribution in [3.8, 4) is 0 Å². The highest BCUT2D eigenvalue weighted by Gasteiger charge is 2.16. The van der Waals surface area contributed by atoms with Gasteiger partial charge in [0, 0.05) is 24.8 Å². The monoisotopic (exact) mass is 274 g/mol. The molecule has 2 saturated heterocycles. The fraction of sp³-hybridized carbons (Fsp3) is 0.750. The third kappa shape index (κ3) is 3.69. The predicted octanol–water partition coefficient (Wildman–Crippen LogP) is 2.40. The summed E-state index contributed by atoms with van der Waals surface area (Å²) in [5.41, 5.74) is 1.22. The molecule has 110 valence electrons. The van der Waals surface area contributed by atoms with E-state index in [1.54, 1.807) is 6.33 Å². The number of hydrogen-bond donors (Lipinski definition) is 1. The molecule has 1 N–H and O–H groups in total. The van der Waals surface area contributed by atoms with E-state index < -0.39 is 0 Å². The molecule has 3 rings (SSSR count). The van der Waals surface area contributed by atoms with Crippen LogP contribution in [0.4, 0.5) is 5.82 Å². The first kappa shape index (κ1) is 13.8. The van der Waals surface area contributed by atoms with E-state index in [1.165, 1.54) is 50.8 Å². The Morgan fingerprint density at radius 1 is 1.10 bits per heavy atom. The van der Waals surface area contributed by atoms with Crippen molar-refractivity contribution < 1.29 is 0 Å². The predicted molar refractivity (Wildman–Crippen MR) is 82.0 cm³/mol. The van der Waals surface area contributed by atoms with Gasteiger partial charge in [-0.25, -0.2) is 9.97 Å². The van der Waals surface area contributed by atoms with Crippen LogP contribution in [0.1, 0.15) is 44.2 Å². The van der Waals surface area contributed by atoms with E-state index in [-0.39, 0.29) is 0 Å². The highest BCUT2D eigenvalue weighted by molar-refractivity contribution is 5.39. The summed E-state index contributed by atoms with van der Waals surface area (Å²) in [5.74, 6) is 1.89. The normalized spacial score (nSPS) is 24.4. The van der Waals surface area contributed by atoms with Gasteiger partial charge in [-0.2, -0.15) is 0 Å². The minimum Gasteiger partial charge on any atom is -0.357 e. The number of aromatic nitrogens is 2. The molecule has 4 heteroatoms. The SMILES string of the molecule is c1nc(CC2CCCNC2)cc(N2CCCCCC2)n1. The molecule has 0 aliphatic carbocycles. The van der Waals surface area contributed by atoms with Gasteiger partial charge >= 0.3 is 0 Å².